The number of pyridine rings is 1. The third kappa shape index (κ3) is 3.57. The van der Waals surface area contributed by atoms with Gasteiger partial charge in [-0.05, 0) is 37.4 Å². The highest BCUT2D eigenvalue weighted by Crippen LogP contribution is 2.34. The molecule has 1 aliphatic rings. The molecular formula is C19H23N3O4. The lowest BCUT2D eigenvalue weighted by molar-refractivity contribution is 0.0697. The van der Waals surface area contributed by atoms with Crippen LogP contribution in [0.2, 0.25) is 0 Å². The van der Waals surface area contributed by atoms with Gasteiger partial charge in [0.05, 0.1) is 19.9 Å². The van der Waals surface area contributed by atoms with Gasteiger partial charge in [-0.1, -0.05) is 0 Å². The van der Waals surface area contributed by atoms with Crippen LogP contribution in [0.1, 0.15) is 10.4 Å². The predicted octanol–water partition coefficient (Wildman–Crippen LogP) is 2.22. The van der Waals surface area contributed by atoms with Crippen LogP contribution in [-0.2, 0) is 0 Å². The molecule has 7 heteroatoms. The Morgan fingerprint density at radius 1 is 1.08 bits per heavy atom. The highest BCUT2D eigenvalue weighted by atomic mass is 16.5. The van der Waals surface area contributed by atoms with Crippen molar-refractivity contribution in [2.45, 2.75) is 0 Å². The molecule has 1 aliphatic heterocycles. The average molecular weight is 357 g/mol. The van der Waals surface area contributed by atoms with Crippen molar-refractivity contribution in [3.05, 3.63) is 35.9 Å². The monoisotopic (exact) mass is 357 g/mol. The van der Waals surface area contributed by atoms with Crippen molar-refractivity contribution < 1.29 is 19.4 Å². The molecular weight excluding hydrogens is 334 g/mol. The Bertz CT molecular complexity index is 801. The summed E-state index contributed by atoms with van der Waals surface area (Å²) < 4.78 is 10.7. The molecule has 2 aromatic rings. The van der Waals surface area contributed by atoms with Crippen LogP contribution in [-0.4, -0.2) is 68.4 Å². The molecule has 1 N–H and O–H groups in total. The Morgan fingerprint density at radius 2 is 1.81 bits per heavy atom. The number of carboxylic acids is 1. The van der Waals surface area contributed by atoms with Crippen molar-refractivity contribution in [2.24, 2.45) is 0 Å². The largest absolute Gasteiger partial charge is 0.497 e. The van der Waals surface area contributed by atoms with Crippen LogP contribution in [0.4, 0.5) is 5.82 Å². The number of piperazine rings is 1. The maximum atomic E-state index is 11.7. The van der Waals surface area contributed by atoms with Gasteiger partial charge in [-0.25, -0.2) is 9.78 Å². The molecule has 26 heavy (non-hydrogen) atoms. The van der Waals surface area contributed by atoms with Gasteiger partial charge < -0.3 is 24.4 Å². The van der Waals surface area contributed by atoms with Crippen molar-refractivity contribution in [1.29, 1.82) is 0 Å². The molecule has 0 aliphatic carbocycles. The number of hydrogen-bond donors (Lipinski definition) is 1. The van der Waals surface area contributed by atoms with E-state index < -0.39 is 5.97 Å². The van der Waals surface area contributed by atoms with Gasteiger partial charge in [0.1, 0.15) is 22.9 Å². The fourth-order valence-electron chi connectivity index (χ4n) is 3.04. The molecule has 1 fully saturated rings. The molecule has 138 valence electrons. The summed E-state index contributed by atoms with van der Waals surface area (Å²) >= 11 is 0. The number of ether oxygens (including phenoxy) is 2. The zero-order valence-corrected chi connectivity index (χ0v) is 15.2. The molecule has 3 rings (SSSR count). The smallest absolute Gasteiger partial charge is 0.339 e. The van der Waals surface area contributed by atoms with E-state index in [1.165, 1.54) is 0 Å². The zero-order chi connectivity index (χ0) is 18.7. The van der Waals surface area contributed by atoms with Crippen LogP contribution in [0, 0.1) is 0 Å². The SMILES string of the molecule is COc1ccc(OC)c(-c2ccc(C(=O)O)c(N3CCN(C)CC3)n2)c1. The van der Waals surface area contributed by atoms with E-state index in [0.717, 1.165) is 31.7 Å². The fraction of sp³-hybridized carbons (Fsp3) is 0.368. The van der Waals surface area contributed by atoms with Gasteiger partial charge in [0, 0.05) is 31.7 Å². The first-order valence-electron chi connectivity index (χ1n) is 8.43. The third-order valence-corrected chi connectivity index (χ3v) is 4.59. The number of methoxy groups -OCH3 is 2. The van der Waals surface area contributed by atoms with Gasteiger partial charge in [0.2, 0.25) is 0 Å². The van der Waals surface area contributed by atoms with E-state index in [0.29, 0.717) is 23.0 Å². The summed E-state index contributed by atoms with van der Waals surface area (Å²) in [5, 5.41) is 9.57. The summed E-state index contributed by atoms with van der Waals surface area (Å²) in [4.78, 5) is 20.6. The highest BCUT2D eigenvalue weighted by Gasteiger charge is 2.23. The molecule has 2 heterocycles. The number of nitrogens with zero attached hydrogens (tertiary/aromatic N) is 3. The predicted molar refractivity (Wildman–Crippen MR) is 99.4 cm³/mol. The van der Waals surface area contributed by atoms with Crippen molar-refractivity contribution >= 4 is 11.8 Å². The van der Waals surface area contributed by atoms with Gasteiger partial charge in [0.15, 0.2) is 0 Å². The highest BCUT2D eigenvalue weighted by molar-refractivity contribution is 5.94. The number of carboxylic acid groups (broad SMARTS) is 1. The second kappa shape index (κ2) is 7.61. The van der Waals surface area contributed by atoms with Crippen molar-refractivity contribution in [3.63, 3.8) is 0 Å². The summed E-state index contributed by atoms with van der Waals surface area (Å²) in [6, 6.07) is 8.79. The second-order valence-electron chi connectivity index (χ2n) is 6.23. The first-order valence-corrected chi connectivity index (χ1v) is 8.43. The molecule has 0 bridgehead atoms. The number of hydrogen-bond acceptors (Lipinski definition) is 6. The molecule has 0 spiro atoms. The van der Waals surface area contributed by atoms with Gasteiger partial charge in [-0.2, -0.15) is 0 Å². The molecule has 0 amide bonds. The van der Waals surface area contributed by atoms with E-state index in [9.17, 15) is 9.90 Å². The van der Waals surface area contributed by atoms with Gasteiger partial charge >= 0.3 is 5.97 Å². The number of carbonyl (C=O) groups is 1. The van der Waals surface area contributed by atoms with E-state index >= 15 is 0 Å². The Morgan fingerprint density at radius 3 is 2.42 bits per heavy atom. The van der Waals surface area contributed by atoms with Crippen LogP contribution < -0.4 is 14.4 Å². The lowest BCUT2D eigenvalue weighted by Gasteiger charge is -2.34. The fourth-order valence-corrected chi connectivity index (χ4v) is 3.04. The second-order valence-corrected chi connectivity index (χ2v) is 6.23. The van der Waals surface area contributed by atoms with Gasteiger partial charge in [-0.15, -0.1) is 0 Å². The minimum absolute atomic E-state index is 0.208. The summed E-state index contributed by atoms with van der Waals surface area (Å²) in [7, 11) is 5.25. The van der Waals surface area contributed by atoms with Gasteiger partial charge in [-0.3, -0.25) is 0 Å². The molecule has 7 nitrogen and oxygen atoms in total. The van der Waals surface area contributed by atoms with E-state index in [1.54, 1.807) is 26.4 Å². The molecule has 0 atom stereocenters. The number of rotatable bonds is 5. The Kier molecular flexibility index (Phi) is 5.27. The summed E-state index contributed by atoms with van der Waals surface area (Å²) in [5.41, 5.74) is 1.62. The standard InChI is InChI=1S/C19H23N3O4/c1-21-8-10-22(11-9-21)18-14(19(23)24)5-6-16(20-18)15-12-13(25-2)4-7-17(15)26-3/h4-7,12H,8-11H2,1-3H3,(H,23,24). The quantitative estimate of drug-likeness (QED) is 0.879. The lowest BCUT2D eigenvalue weighted by atomic mass is 10.1. The van der Waals surface area contributed by atoms with E-state index in [4.69, 9.17) is 9.47 Å². The lowest BCUT2D eigenvalue weighted by Crippen LogP contribution is -2.45. The minimum atomic E-state index is -0.976. The normalized spacial score (nSPS) is 15.0. The maximum absolute atomic E-state index is 11.7. The molecule has 0 radical (unpaired) electrons. The summed E-state index contributed by atoms with van der Waals surface area (Å²) in [5.74, 6) is 0.861. The van der Waals surface area contributed by atoms with Crippen molar-refractivity contribution in [2.75, 3.05) is 52.3 Å². The number of anilines is 1. The maximum Gasteiger partial charge on any atom is 0.339 e. The molecule has 1 aromatic heterocycles. The number of aromatic carboxylic acids is 1. The number of likely N-dealkylation sites (N-methyl/N-ethyl adjacent to an activating group) is 1. The van der Waals surface area contributed by atoms with Crippen LogP contribution in [0.15, 0.2) is 30.3 Å². The number of aromatic nitrogens is 1. The van der Waals surface area contributed by atoms with Crippen LogP contribution in [0.25, 0.3) is 11.3 Å². The molecule has 0 unspecified atom stereocenters. The van der Waals surface area contributed by atoms with Crippen LogP contribution in [0.3, 0.4) is 0 Å². The molecule has 1 saturated heterocycles. The Hall–Kier alpha value is -2.80. The van der Waals surface area contributed by atoms with E-state index in [2.05, 4.69) is 16.9 Å². The van der Waals surface area contributed by atoms with Crippen LogP contribution in [0.5, 0.6) is 11.5 Å². The summed E-state index contributed by atoms with van der Waals surface area (Å²) in [6.07, 6.45) is 0. The van der Waals surface area contributed by atoms with Crippen molar-refractivity contribution in [3.8, 4) is 22.8 Å². The van der Waals surface area contributed by atoms with Gasteiger partial charge in [0.25, 0.3) is 0 Å². The van der Waals surface area contributed by atoms with Crippen LogP contribution >= 0.6 is 0 Å². The summed E-state index contributed by atoms with van der Waals surface area (Å²) in [6.45, 7) is 3.21. The molecule has 1 aromatic carbocycles. The average Bonchev–Trinajstić information content (AvgIpc) is 2.67. The first-order chi connectivity index (χ1) is 12.5. The number of benzene rings is 1. The molecule has 0 saturated carbocycles. The topological polar surface area (TPSA) is 75.1 Å². The van der Waals surface area contributed by atoms with E-state index in [-0.39, 0.29) is 5.56 Å². The Balaban J connectivity index is 2.07. The first kappa shape index (κ1) is 18.0. The third-order valence-electron chi connectivity index (χ3n) is 4.59. The van der Waals surface area contributed by atoms with Crippen molar-refractivity contribution in [1.82, 2.24) is 9.88 Å². The van der Waals surface area contributed by atoms with E-state index in [1.807, 2.05) is 23.1 Å². The zero-order valence-electron chi connectivity index (χ0n) is 15.2. The minimum Gasteiger partial charge on any atom is -0.497 e. The Labute approximate surface area is 152 Å².